The molecule has 1 aliphatic heterocycles. The van der Waals surface area contributed by atoms with E-state index in [0.717, 1.165) is 0 Å². The number of aliphatic carboxylic acids is 1. The van der Waals surface area contributed by atoms with Gasteiger partial charge in [0.15, 0.2) is 0 Å². The van der Waals surface area contributed by atoms with E-state index in [1.54, 1.807) is 6.07 Å². The van der Waals surface area contributed by atoms with Crippen molar-refractivity contribution < 1.29 is 14.7 Å². The standard InChI is InChI=1S/C10H14N2O3/c1-7-4-8(10(14)15)6-12(5-7)9(13)2-3-11/h7-8H,2,4-6H2,1H3,(H,14,15). The van der Waals surface area contributed by atoms with E-state index in [1.165, 1.54) is 4.90 Å². The Hall–Kier alpha value is -1.57. The van der Waals surface area contributed by atoms with Crippen LogP contribution < -0.4 is 0 Å². The number of carboxylic acid groups (broad SMARTS) is 1. The van der Waals surface area contributed by atoms with Crippen LogP contribution in [0.2, 0.25) is 0 Å². The van der Waals surface area contributed by atoms with Crippen molar-refractivity contribution in [2.45, 2.75) is 19.8 Å². The molecule has 0 aromatic heterocycles. The number of hydrogen-bond donors (Lipinski definition) is 1. The number of carbonyl (C=O) groups excluding carboxylic acids is 1. The zero-order valence-corrected chi connectivity index (χ0v) is 8.64. The van der Waals surface area contributed by atoms with Crippen LogP contribution in [0.1, 0.15) is 19.8 Å². The lowest BCUT2D eigenvalue weighted by Crippen LogP contribution is -2.45. The first-order valence-corrected chi connectivity index (χ1v) is 4.92. The Morgan fingerprint density at radius 1 is 1.53 bits per heavy atom. The van der Waals surface area contributed by atoms with Gasteiger partial charge in [-0.05, 0) is 12.3 Å². The average molecular weight is 210 g/mol. The molecule has 1 N–H and O–H groups in total. The molecule has 1 amide bonds. The van der Waals surface area contributed by atoms with Gasteiger partial charge in [-0.2, -0.15) is 5.26 Å². The smallest absolute Gasteiger partial charge is 0.308 e. The van der Waals surface area contributed by atoms with Gasteiger partial charge in [0.2, 0.25) is 5.91 Å². The Kier molecular flexibility index (Phi) is 3.67. The summed E-state index contributed by atoms with van der Waals surface area (Å²) in [5, 5.41) is 17.3. The monoisotopic (exact) mass is 210 g/mol. The molecule has 1 rings (SSSR count). The van der Waals surface area contributed by atoms with Gasteiger partial charge in [0.05, 0.1) is 12.0 Å². The van der Waals surface area contributed by atoms with E-state index in [4.69, 9.17) is 10.4 Å². The minimum Gasteiger partial charge on any atom is -0.481 e. The highest BCUT2D eigenvalue weighted by Crippen LogP contribution is 2.22. The molecule has 1 heterocycles. The predicted octanol–water partition coefficient (Wildman–Crippen LogP) is 0.469. The molecule has 0 aromatic carbocycles. The molecule has 0 bridgehead atoms. The van der Waals surface area contributed by atoms with Gasteiger partial charge in [0.25, 0.3) is 0 Å². The van der Waals surface area contributed by atoms with Crippen molar-refractivity contribution in [1.82, 2.24) is 4.90 Å². The summed E-state index contributed by atoms with van der Waals surface area (Å²) in [5.74, 6) is -1.44. The molecule has 2 atom stereocenters. The Morgan fingerprint density at radius 3 is 2.73 bits per heavy atom. The van der Waals surface area contributed by atoms with Crippen molar-refractivity contribution in [3.05, 3.63) is 0 Å². The van der Waals surface area contributed by atoms with E-state index in [-0.39, 0.29) is 24.8 Å². The molecule has 0 radical (unpaired) electrons. The Labute approximate surface area is 88.3 Å². The van der Waals surface area contributed by atoms with Gasteiger partial charge < -0.3 is 10.0 Å². The van der Waals surface area contributed by atoms with Crippen molar-refractivity contribution >= 4 is 11.9 Å². The molecule has 1 aliphatic rings. The highest BCUT2D eigenvalue weighted by Gasteiger charge is 2.31. The molecule has 0 aliphatic carbocycles. The lowest BCUT2D eigenvalue weighted by Gasteiger charge is -2.34. The fourth-order valence-corrected chi connectivity index (χ4v) is 1.91. The Balaban J connectivity index is 2.63. The van der Waals surface area contributed by atoms with Gasteiger partial charge in [-0.1, -0.05) is 6.92 Å². The number of carboxylic acids is 1. The lowest BCUT2D eigenvalue weighted by molar-refractivity contribution is -0.146. The zero-order chi connectivity index (χ0) is 11.4. The number of piperidine rings is 1. The Morgan fingerprint density at radius 2 is 2.20 bits per heavy atom. The van der Waals surface area contributed by atoms with Crippen LogP contribution in [0.5, 0.6) is 0 Å². The van der Waals surface area contributed by atoms with Crippen LogP contribution in [0.15, 0.2) is 0 Å². The summed E-state index contributed by atoms with van der Waals surface area (Å²) in [5.41, 5.74) is 0. The van der Waals surface area contributed by atoms with E-state index in [9.17, 15) is 9.59 Å². The summed E-state index contributed by atoms with van der Waals surface area (Å²) in [6.45, 7) is 2.71. The summed E-state index contributed by atoms with van der Waals surface area (Å²) in [4.78, 5) is 23.7. The Bertz CT molecular complexity index is 308. The fourth-order valence-electron chi connectivity index (χ4n) is 1.91. The summed E-state index contributed by atoms with van der Waals surface area (Å²) >= 11 is 0. The second-order valence-electron chi connectivity index (χ2n) is 4.01. The normalized spacial score (nSPS) is 25.7. The molecule has 5 heteroatoms. The van der Waals surface area contributed by atoms with Crippen molar-refractivity contribution in [3.63, 3.8) is 0 Å². The van der Waals surface area contributed by atoms with Gasteiger partial charge in [0.1, 0.15) is 6.42 Å². The molecule has 0 spiro atoms. The quantitative estimate of drug-likeness (QED) is 0.718. The van der Waals surface area contributed by atoms with Crippen LogP contribution in [-0.2, 0) is 9.59 Å². The molecular formula is C10H14N2O3. The minimum atomic E-state index is -0.865. The minimum absolute atomic E-state index is 0.168. The van der Waals surface area contributed by atoms with Crippen molar-refractivity contribution in [3.8, 4) is 6.07 Å². The maximum atomic E-state index is 11.4. The summed E-state index contributed by atoms with van der Waals surface area (Å²) in [6, 6.07) is 1.79. The molecule has 0 saturated carbocycles. The number of likely N-dealkylation sites (tertiary alicyclic amines) is 1. The van der Waals surface area contributed by atoms with Gasteiger partial charge >= 0.3 is 5.97 Å². The highest BCUT2D eigenvalue weighted by molar-refractivity contribution is 5.79. The number of carbonyl (C=O) groups is 2. The van der Waals surface area contributed by atoms with Gasteiger partial charge in [-0.25, -0.2) is 0 Å². The van der Waals surface area contributed by atoms with E-state index < -0.39 is 11.9 Å². The SMILES string of the molecule is CC1CC(C(=O)O)CN(C(=O)CC#N)C1. The number of nitrogens with zero attached hydrogens (tertiary/aromatic N) is 2. The lowest BCUT2D eigenvalue weighted by atomic mass is 9.90. The van der Waals surface area contributed by atoms with Gasteiger partial charge in [-0.15, -0.1) is 0 Å². The van der Waals surface area contributed by atoms with Crippen LogP contribution in [0.25, 0.3) is 0 Å². The largest absolute Gasteiger partial charge is 0.481 e. The number of nitriles is 1. The first-order valence-electron chi connectivity index (χ1n) is 4.92. The summed E-state index contributed by atoms with van der Waals surface area (Å²) < 4.78 is 0. The van der Waals surface area contributed by atoms with Crippen molar-refractivity contribution in [2.75, 3.05) is 13.1 Å². The molecule has 82 valence electrons. The van der Waals surface area contributed by atoms with E-state index in [2.05, 4.69) is 0 Å². The maximum Gasteiger partial charge on any atom is 0.308 e. The van der Waals surface area contributed by atoms with E-state index in [1.807, 2.05) is 6.92 Å². The zero-order valence-electron chi connectivity index (χ0n) is 8.64. The number of rotatable bonds is 2. The van der Waals surface area contributed by atoms with Gasteiger partial charge in [0, 0.05) is 13.1 Å². The highest BCUT2D eigenvalue weighted by atomic mass is 16.4. The molecule has 15 heavy (non-hydrogen) atoms. The molecule has 2 unspecified atom stereocenters. The predicted molar refractivity (Wildman–Crippen MR) is 51.7 cm³/mol. The maximum absolute atomic E-state index is 11.4. The summed E-state index contributed by atoms with van der Waals surface area (Å²) in [6.07, 6.45) is 0.435. The van der Waals surface area contributed by atoms with Crippen LogP contribution in [0, 0.1) is 23.2 Å². The van der Waals surface area contributed by atoms with Crippen molar-refractivity contribution in [2.24, 2.45) is 11.8 Å². The van der Waals surface area contributed by atoms with E-state index in [0.29, 0.717) is 13.0 Å². The molecule has 1 fully saturated rings. The third kappa shape index (κ3) is 2.94. The van der Waals surface area contributed by atoms with Crippen molar-refractivity contribution in [1.29, 1.82) is 5.26 Å². The van der Waals surface area contributed by atoms with Crippen LogP contribution in [0.4, 0.5) is 0 Å². The molecule has 1 saturated heterocycles. The number of amides is 1. The first-order chi connectivity index (χ1) is 7.04. The van der Waals surface area contributed by atoms with Crippen LogP contribution >= 0.6 is 0 Å². The fraction of sp³-hybridized carbons (Fsp3) is 0.700. The summed E-state index contributed by atoms with van der Waals surface area (Å²) in [7, 11) is 0. The first kappa shape index (κ1) is 11.5. The molecule has 5 nitrogen and oxygen atoms in total. The van der Waals surface area contributed by atoms with Gasteiger partial charge in [-0.3, -0.25) is 9.59 Å². The second kappa shape index (κ2) is 4.78. The van der Waals surface area contributed by atoms with Crippen LogP contribution in [-0.4, -0.2) is 35.0 Å². The molecular weight excluding hydrogens is 196 g/mol. The topological polar surface area (TPSA) is 81.4 Å². The van der Waals surface area contributed by atoms with Crippen LogP contribution in [0.3, 0.4) is 0 Å². The second-order valence-corrected chi connectivity index (χ2v) is 4.01. The number of hydrogen-bond acceptors (Lipinski definition) is 3. The third-order valence-electron chi connectivity index (χ3n) is 2.59. The average Bonchev–Trinajstić information content (AvgIpc) is 2.17. The third-order valence-corrected chi connectivity index (χ3v) is 2.59. The molecule has 0 aromatic rings. The van der Waals surface area contributed by atoms with E-state index >= 15 is 0 Å².